The summed E-state index contributed by atoms with van der Waals surface area (Å²) in [7, 11) is 4.13. The molecule has 2 nitrogen and oxygen atoms in total. The standard InChI is InChI=1S/C23H31NO.C3H6/c1-17(24(5)6)16-21(18-10-8-7-9-11-18)22(25)19-12-14-20(15-13-19)23(2,3)4;1-3-2/h7-15,17,21H,16H2,1-6H3;3H,1H2,2H3. The Labute approximate surface area is 172 Å². The third-order valence-electron chi connectivity index (χ3n) is 5.01. The molecule has 0 aliphatic carbocycles. The highest BCUT2D eigenvalue weighted by Gasteiger charge is 2.25. The van der Waals surface area contributed by atoms with Crippen molar-refractivity contribution in [3.63, 3.8) is 0 Å². The van der Waals surface area contributed by atoms with E-state index in [1.165, 1.54) is 5.56 Å². The summed E-state index contributed by atoms with van der Waals surface area (Å²) >= 11 is 0. The summed E-state index contributed by atoms with van der Waals surface area (Å²) in [6, 6.07) is 18.6. The number of nitrogens with zero attached hydrogens (tertiary/aromatic N) is 1. The molecule has 2 atom stereocenters. The SMILES string of the molecule is C=CC.CC(CC(C(=O)c1ccc(C(C)(C)C)cc1)c1ccccc1)N(C)C. The minimum absolute atomic E-state index is 0.0971. The fraction of sp³-hybridized carbons (Fsp3) is 0.423. The van der Waals surface area contributed by atoms with Gasteiger partial charge in [-0.2, -0.15) is 0 Å². The van der Waals surface area contributed by atoms with E-state index < -0.39 is 0 Å². The van der Waals surface area contributed by atoms with Crippen molar-refractivity contribution in [2.75, 3.05) is 14.1 Å². The van der Waals surface area contributed by atoms with Gasteiger partial charge >= 0.3 is 0 Å². The van der Waals surface area contributed by atoms with Crippen molar-refractivity contribution < 1.29 is 4.79 Å². The molecule has 2 rings (SSSR count). The number of ketones is 1. The third-order valence-corrected chi connectivity index (χ3v) is 5.01. The van der Waals surface area contributed by atoms with E-state index in [9.17, 15) is 4.79 Å². The Morgan fingerprint density at radius 2 is 1.54 bits per heavy atom. The zero-order valence-corrected chi connectivity index (χ0v) is 18.7. The predicted octanol–water partition coefficient (Wildman–Crippen LogP) is 6.48. The summed E-state index contributed by atoms with van der Waals surface area (Å²) in [5.41, 5.74) is 3.25. The lowest BCUT2D eigenvalue weighted by atomic mass is 9.83. The number of hydrogen-bond donors (Lipinski definition) is 0. The quantitative estimate of drug-likeness (QED) is 0.423. The molecule has 28 heavy (non-hydrogen) atoms. The van der Waals surface area contributed by atoms with Crippen LogP contribution in [0, 0.1) is 0 Å². The highest BCUT2D eigenvalue weighted by molar-refractivity contribution is 6.01. The number of hydrogen-bond acceptors (Lipinski definition) is 2. The van der Waals surface area contributed by atoms with E-state index in [4.69, 9.17) is 0 Å². The van der Waals surface area contributed by atoms with Gasteiger partial charge in [-0.25, -0.2) is 0 Å². The second-order valence-corrected chi connectivity index (χ2v) is 8.61. The summed E-state index contributed by atoms with van der Waals surface area (Å²) in [5, 5.41) is 0. The van der Waals surface area contributed by atoms with Crippen LogP contribution in [0.3, 0.4) is 0 Å². The van der Waals surface area contributed by atoms with E-state index in [2.05, 4.69) is 77.5 Å². The van der Waals surface area contributed by atoms with Gasteiger partial charge in [0.25, 0.3) is 0 Å². The second-order valence-electron chi connectivity index (χ2n) is 8.61. The van der Waals surface area contributed by atoms with Gasteiger partial charge < -0.3 is 4.90 Å². The lowest BCUT2D eigenvalue weighted by Crippen LogP contribution is -2.29. The molecular formula is C26H37NO. The minimum Gasteiger partial charge on any atom is -0.307 e. The average Bonchev–Trinajstić information content (AvgIpc) is 2.66. The van der Waals surface area contributed by atoms with Crippen LogP contribution in [0.25, 0.3) is 0 Å². The summed E-state index contributed by atoms with van der Waals surface area (Å²) in [6.45, 7) is 14.0. The molecule has 2 aromatic carbocycles. The molecule has 0 saturated heterocycles. The first kappa shape index (κ1) is 23.8. The van der Waals surface area contributed by atoms with E-state index in [1.807, 2.05) is 37.3 Å². The average molecular weight is 380 g/mol. The van der Waals surface area contributed by atoms with E-state index in [-0.39, 0.29) is 17.1 Å². The Balaban J connectivity index is 0.00000122. The van der Waals surface area contributed by atoms with Crippen molar-refractivity contribution in [2.45, 2.75) is 58.4 Å². The van der Waals surface area contributed by atoms with Crippen molar-refractivity contribution in [2.24, 2.45) is 0 Å². The molecule has 152 valence electrons. The van der Waals surface area contributed by atoms with Gasteiger partial charge in [-0.3, -0.25) is 4.79 Å². The zero-order chi connectivity index (χ0) is 21.3. The topological polar surface area (TPSA) is 20.3 Å². The van der Waals surface area contributed by atoms with Crippen LogP contribution in [0.5, 0.6) is 0 Å². The number of allylic oxidation sites excluding steroid dienone is 1. The summed E-state index contributed by atoms with van der Waals surface area (Å²) < 4.78 is 0. The maximum absolute atomic E-state index is 13.2. The van der Waals surface area contributed by atoms with Gasteiger partial charge in [0.1, 0.15) is 0 Å². The van der Waals surface area contributed by atoms with Crippen molar-refractivity contribution in [1.82, 2.24) is 4.90 Å². The van der Waals surface area contributed by atoms with Gasteiger partial charge in [0, 0.05) is 17.5 Å². The number of carbonyl (C=O) groups is 1. The van der Waals surface area contributed by atoms with E-state index >= 15 is 0 Å². The van der Waals surface area contributed by atoms with Crippen molar-refractivity contribution in [3.05, 3.63) is 83.9 Å². The largest absolute Gasteiger partial charge is 0.307 e. The molecule has 0 aliphatic heterocycles. The zero-order valence-electron chi connectivity index (χ0n) is 18.7. The van der Waals surface area contributed by atoms with Gasteiger partial charge in [-0.1, -0.05) is 81.4 Å². The fourth-order valence-electron chi connectivity index (χ4n) is 2.97. The molecule has 0 aliphatic rings. The van der Waals surface area contributed by atoms with Crippen LogP contribution in [0.15, 0.2) is 67.3 Å². The van der Waals surface area contributed by atoms with Gasteiger partial charge in [0.2, 0.25) is 0 Å². The Hall–Kier alpha value is -2.19. The highest BCUT2D eigenvalue weighted by atomic mass is 16.1. The summed E-state index contributed by atoms with van der Waals surface area (Å²) in [5.74, 6) is 0.0967. The van der Waals surface area contributed by atoms with Crippen molar-refractivity contribution >= 4 is 5.78 Å². The molecular weight excluding hydrogens is 342 g/mol. The van der Waals surface area contributed by atoms with E-state index in [0.29, 0.717) is 6.04 Å². The molecule has 0 fully saturated rings. The molecule has 2 heteroatoms. The van der Waals surface area contributed by atoms with Crippen molar-refractivity contribution in [3.8, 4) is 0 Å². The number of rotatable bonds is 6. The van der Waals surface area contributed by atoms with Crippen LogP contribution >= 0.6 is 0 Å². The first-order valence-electron chi connectivity index (χ1n) is 10.0. The molecule has 0 bridgehead atoms. The van der Waals surface area contributed by atoms with Crippen LogP contribution in [-0.2, 0) is 5.41 Å². The number of Topliss-reactive ketones (excluding diaryl/α,β-unsaturated/α-hetero) is 1. The smallest absolute Gasteiger partial charge is 0.170 e. The highest BCUT2D eigenvalue weighted by Crippen LogP contribution is 2.28. The van der Waals surface area contributed by atoms with E-state index in [0.717, 1.165) is 17.5 Å². The molecule has 0 saturated carbocycles. The monoisotopic (exact) mass is 379 g/mol. The Morgan fingerprint density at radius 1 is 1.04 bits per heavy atom. The maximum Gasteiger partial charge on any atom is 0.170 e. The Kier molecular flexibility index (Phi) is 9.34. The van der Waals surface area contributed by atoms with Crippen LogP contribution < -0.4 is 0 Å². The van der Waals surface area contributed by atoms with Crippen LogP contribution in [0.1, 0.15) is 68.4 Å². The maximum atomic E-state index is 13.2. The molecule has 2 unspecified atom stereocenters. The summed E-state index contributed by atoms with van der Waals surface area (Å²) in [6.07, 6.45) is 2.57. The Morgan fingerprint density at radius 3 is 1.96 bits per heavy atom. The molecule has 2 aromatic rings. The van der Waals surface area contributed by atoms with Crippen molar-refractivity contribution in [1.29, 1.82) is 0 Å². The molecule has 0 radical (unpaired) electrons. The first-order valence-corrected chi connectivity index (χ1v) is 10.0. The molecule has 0 spiro atoms. The summed E-state index contributed by atoms with van der Waals surface area (Å²) in [4.78, 5) is 15.4. The van der Waals surface area contributed by atoms with Gasteiger partial charge in [-0.15, -0.1) is 6.58 Å². The van der Waals surface area contributed by atoms with Crippen LogP contribution in [0.2, 0.25) is 0 Å². The van der Waals surface area contributed by atoms with Crippen LogP contribution in [0.4, 0.5) is 0 Å². The Bertz CT molecular complexity index is 723. The van der Waals surface area contributed by atoms with E-state index in [1.54, 1.807) is 6.08 Å². The lowest BCUT2D eigenvalue weighted by molar-refractivity contribution is 0.0941. The second kappa shape index (κ2) is 11.0. The predicted molar refractivity (Wildman–Crippen MR) is 122 cm³/mol. The lowest BCUT2D eigenvalue weighted by Gasteiger charge is -2.25. The molecule has 0 amide bonds. The van der Waals surface area contributed by atoms with Gasteiger partial charge in [-0.05, 0) is 50.9 Å². The number of carbonyl (C=O) groups excluding carboxylic acids is 1. The minimum atomic E-state index is -0.112. The normalized spacial score (nSPS) is 13.3. The molecule has 0 heterocycles. The third kappa shape index (κ3) is 7.09. The molecule has 0 N–H and O–H groups in total. The molecule has 0 aromatic heterocycles. The van der Waals surface area contributed by atoms with Gasteiger partial charge in [0.05, 0.1) is 0 Å². The van der Waals surface area contributed by atoms with Gasteiger partial charge in [0.15, 0.2) is 5.78 Å². The van der Waals surface area contributed by atoms with Crippen LogP contribution in [-0.4, -0.2) is 30.8 Å². The number of benzene rings is 2. The first-order chi connectivity index (χ1) is 13.1. The fourth-order valence-corrected chi connectivity index (χ4v) is 2.97.